The average Bonchev–Trinajstić information content (AvgIpc) is 3.68. The van der Waals surface area contributed by atoms with E-state index < -0.39 is 51.3 Å². The third kappa shape index (κ3) is 13.5. The molecule has 3 aromatic rings. The third-order valence-corrected chi connectivity index (χ3v) is 6.24. The highest BCUT2D eigenvalue weighted by Gasteiger charge is 2.34. The standard InChI is InChI=1S/C11H12F4O.C9H12N4O.C8H13NO3.C8H11NO2.CH4/c1-5-6(12)8(14)9(15)10(7(5)13)16-11(2,3)4;1-9(2,3)14-13-8-7(11-12-13)5-4-6-10-8;1-8(2,3)12-9-6(10)4-5-7(9)11;1-8(2,3)9-6(10)4-5-7(9)11;/h1-4H3;4-6H,1-3H3;4-5H2,1-3H3;4-5H,1-3H3;1H4. The van der Waals surface area contributed by atoms with Gasteiger partial charge in [-0.1, -0.05) is 12.3 Å². The molecule has 1 saturated heterocycles. The van der Waals surface area contributed by atoms with Crippen LogP contribution in [0, 0.1) is 30.2 Å². The van der Waals surface area contributed by atoms with Crippen LogP contribution in [0.3, 0.4) is 0 Å². The first kappa shape index (κ1) is 47.1. The summed E-state index contributed by atoms with van der Waals surface area (Å²) in [5.74, 6) is -7.92. The Kier molecular flexibility index (Phi) is 15.6. The summed E-state index contributed by atoms with van der Waals surface area (Å²) in [6.07, 6.45) is 4.83. The Morgan fingerprint density at radius 3 is 1.61 bits per heavy atom. The van der Waals surface area contributed by atoms with Crippen LogP contribution in [0.5, 0.6) is 5.75 Å². The smallest absolute Gasteiger partial charge is 0.254 e. The molecule has 0 N–H and O–H groups in total. The Morgan fingerprint density at radius 2 is 1.19 bits per heavy atom. The summed E-state index contributed by atoms with van der Waals surface area (Å²) >= 11 is 0. The van der Waals surface area contributed by atoms with Gasteiger partial charge in [-0.2, -0.15) is 9.45 Å². The Morgan fingerprint density at radius 1 is 0.685 bits per heavy atom. The maximum atomic E-state index is 13.5. The molecule has 13 nitrogen and oxygen atoms in total. The zero-order valence-corrected chi connectivity index (χ0v) is 32.4. The van der Waals surface area contributed by atoms with Gasteiger partial charge in [-0.05, 0) is 107 Å². The molecule has 0 unspecified atom stereocenters. The number of ether oxygens (including phenoxy) is 1. The number of nitrogens with zero attached hydrogens (tertiary/aromatic N) is 6. The monoisotopic (exact) mass is 768 g/mol. The minimum atomic E-state index is -1.72. The quantitative estimate of drug-likeness (QED) is 0.118. The first-order valence-corrected chi connectivity index (χ1v) is 16.5. The minimum Gasteiger partial charge on any atom is -0.482 e. The number of rotatable bonds is 3. The fraction of sp³-hybridized carbons (Fsp3) is 0.541. The van der Waals surface area contributed by atoms with Gasteiger partial charge in [-0.15, -0.1) is 5.10 Å². The maximum Gasteiger partial charge on any atom is 0.254 e. The molecule has 2 aliphatic rings. The van der Waals surface area contributed by atoms with Gasteiger partial charge in [0.2, 0.25) is 11.5 Å². The number of pyridine rings is 1. The molecular formula is C37H52F4N6O7. The number of carbonyl (C=O) groups excluding carboxylic acids is 4. The number of amides is 4. The van der Waals surface area contributed by atoms with Crippen molar-refractivity contribution in [1.82, 2.24) is 30.1 Å². The number of hydroxylamine groups is 2. The van der Waals surface area contributed by atoms with Crippen molar-refractivity contribution in [3.05, 3.63) is 59.3 Å². The Labute approximate surface area is 313 Å². The number of carbonyl (C=O) groups is 4. The van der Waals surface area contributed by atoms with E-state index in [-0.39, 0.29) is 49.5 Å². The normalized spacial score (nSPS) is 14.5. The minimum absolute atomic E-state index is 0. The molecular weight excluding hydrogens is 716 g/mol. The lowest BCUT2D eigenvalue weighted by atomic mass is 10.1. The van der Waals surface area contributed by atoms with Crippen molar-refractivity contribution in [1.29, 1.82) is 0 Å². The molecule has 0 atom stereocenters. The molecule has 5 rings (SSSR count). The van der Waals surface area contributed by atoms with E-state index in [1.807, 2.05) is 53.7 Å². The molecule has 2 aromatic heterocycles. The maximum absolute atomic E-state index is 13.5. The highest BCUT2D eigenvalue weighted by molar-refractivity contribution is 6.13. The van der Waals surface area contributed by atoms with Crippen LogP contribution < -0.4 is 9.57 Å². The predicted molar refractivity (Wildman–Crippen MR) is 192 cm³/mol. The zero-order chi connectivity index (χ0) is 40.9. The van der Waals surface area contributed by atoms with Gasteiger partial charge in [0.05, 0.1) is 5.60 Å². The molecule has 2 aliphatic heterocycles. The van der Waals surface area contributed by atoms with E-state index in [0.717, 1.165) is 17.5 Å². The van der Waals surface area contributed by atoms with Crippen molar-refractivity contribution in [3.8, 4) is 5.75 Å². The number of hydrogen-bond acceptors (Lipinski definition) is 10. The highest BCUT2D eigenvalue weighted by atomic mass is 19.2. The van der Waals surface area contributed by atoms with Crippen LogP contribution >= 0.6 is 0 Å². The average molecular weight is 769 g/mol. The molecule has 0 spiro atoms. The molecule has 4 heterocycles. The molecule has 4 amide bonds. The van der Waals surface area contributed by atoms with Gasteiger partial charge in [0.1, 0.15) is 16.7 Å². The number of hydrogen-bond donors (Lipinski definition) is 0. The van der Waals surface area contributed by atoms with Crippen molar-refractivity contribution in [2.24, 2.45) is 0 Å². The largest absolute Gasteiger partial charge is 0.482 e. The second-order valence-corrected chi connectivity index (χ2v) is 15.7. The number of benzene rings is 1. The Balaban J connectivity index is 0.000000361. The van der Waals surface area contributed by atoms with E-state index in [2.05, 4.69) is 15.3 Å². The van der Waals surface area contributed by atoms with E-state index in [0.29, 0.717) is 5.65 Å². The number of aromatic nitrogens is 4. The summed E-state index contributed by atoms with van der Waals surface area (Å²) in [5, 5.41) is 8.67. The van der Waals surface area contributed by atoms with E-state index in [9.17, 15) is 36.7 Å². The summed E-state index contributed by atoms with van der Waals surface area (Å²) in [7, 11) is 0. The van der Waals surface area contributed by atoms with Crippen molar-refractivity contribution in [2.45, 2.75) is 133 Å². The van der Waals surface area contributed by atoms with Crippen LogP contribution in [-0.2, 0) is 24.0 Å². The van der Waals surface area contributed by atoms with E-state index in [1.165, 1.54) is 21.9 Å². The summed E-state index contributed by atoms with van der Waals surface area (Å²) in [6.45, 7) is 22.4. The van der Waals surface area contributed by atoms with Gasteiger partial charge < -0.3 is 9.57 Å². The van der Waals surface area contributed by atoms with E-state index in [1.54, 1.807) is 47.7 Å². The van der Waals surface area contributed by atoms with Crippen molar-refractivity contribution < 1.29 is 51.2 Å². The number of imide groups is 2. The summed E-state index contributed by atoms with van der Waals surface area (Å²) < 4.78 is 57.6. The number of halogens is 4. The van der Waals surface area contributed by atoms with Crippen LogP contribution in [0.4, 0.5) is 17.6 Å². The van der Waals surface area contributed by atoms with Crippen LogP contribution in [0.15, 0.2) is 30.5 Å². The van der Waals surface area contributed by atoms with Crippen LogP contribution in [0.2, 0.25) is 0 Å². The first-order valence-electron chi connectivity index (χ1n) is 16.5. The van der Waals surface area contributed by atoms with Crippen molar-refractivity contribution in [3.63, 3.8) is 0 Å². The van der Waals surface area contributed by atoms with Gasteiger partial charge in [0.15, 0.2) is 23.2 Å². The summed E-state index contributed by atoms with van der Waals surface area (Å²) in [6, 6.07) is 3.66. The molecule has 54 heavy (non-hydrogen) atoms. The summed E-state index contributed by atoms with van der Waals surface area (Å²) in [4.78, 5) is 61.6. The lowest BCUT2D eigenvalue weighted by Crippen LogP contribution is -2.45. The topological polar surface area (TPSA) is 146 Å². The molecule has 17 heteroatoms. The fourth-order valence-corrected chi connectivity index (χ4v) is 4.18. The molecule has 0 saturated carbocycles. The second-order valence-electron chi connectivity index (χ2n) is 15.7. The van der Waals surface area contributed by atoms with E-state index in [4.69, 9.17) is 14.4 Å². The Hall–Kier alpha value is -4.93. The highest BCUT2D eigenvalue weighted by Crippen LogP contribution is 2.32. The van der Waals surface area contributed by atoms with Gasteiger partial charge in [-0.25, -0.2) is 18.2 Å². The van der Waals surface area contributed by atoms with Gasteiger partial charge in [0.25, 0.3) is 23.6 Å². The molecule has 1 fully saturated rings. The van der Waals surface area contributed by atoms with Crippen LogP contribution in [0.1, 0.15) is 109 Å². The third-order valence-electron chi connectivity index (χ3n) is 6.24. The molecule has 0 radical (unpaired) electrons. The second kappa shape index (κ2) is 17.9. The summed E-state index contributed by atoms with van der Waals surface area (Å²) in [5.41, 5.74) is -1.33. The van der Waals surface area contributed by atoms with Gasteiger partial charge in [-0.3, -0.25) is 28.9 Å². The SMILES string of the molecule is C.CC(C)(C)N1C(=O)C=CC1=O.CC(C)(C)ON1C(=O)CCC1=O.CC(C)(C)On1nnc2cccnc21.Cc1c(F)c(F)c(F)c(OC(C)(C)C)c1F. The Bertz CT molecular complexity index is 1790. The van der Waals surface area contributed by atoms with E-state index >= 15 is 0 Å². The predicted octanol–water partition coefficient (Wildman–Crippen LogP) is 6.99. The lowest BCUT2D eigenvalue weighted by molar-refractivity contribution is -0.218. The van der Waals surface area contributed by atoms with Gasteiger partial charge >= 0.3 is 0 Å². The zero-order valence-electron chi connectivity index (χ0n) is 32.4. The molecule has 300 valence electrons. The number of fused-ring (bicyclic) bond motifs is 1. The lowest BCUT2D eigenvalue weighted by Gasteiger charge is -2.29. The molecule has 0 aliphatic carbocycles. The van der Waals surface area contributed by atoms with Crippen molar-refractivity contribution in [2.75, 3.05) is 0 Å². The van der Waals surface area contributed by atoms with Crippen molar-refractivity contribution >= 4 is 34.8 Å². The van der Waals surface area contributed by atoms with Crippen LogP contribution in [-0.4, -0.2) is 76.1 Å². The molecule has 1 aromatic carbocycles. The first-order chi connectivity index (χ1) is 24.0. The van der Waals surface area contributed by atoms with Crippen LogP contribution in [0.25, 0.3) is 11.2 Å². The van der Waals surface area contributed by atoms with Gasteiger partial charge in [0, 0.05) is 42.3 Å². The fourth-order valence-electron chi connectivity index (χ4n) is 4.18. The molecule has 0 bridgehead atoms.